The molecule has 20 nitrogen and oxygen atoms in total. The van der Waals surface area contributed by atoms with Crippen molar-refractivity contribution in [3.05, 3.63) is 432 Å². The average molecular weight is 2210 g/mol. The van der Waals surface area contributed by atoms with E-state index >= 15 is 0 Å². The van der Waals surface area contributed by atoms with Crippen molar-refractivity contribution in [2.24, 2.45) is 0 Å². The van der Waals surface area contributed by atoms with E-state index in [1.165, 1.54) is 65.7 Å². The first-order valence-corrected chi connectivity index (χ1v) is 43.7. The molecule has 15 aromatic carbocycles. The Labute approximate surface area is 949 Å². The molecule has 0 amide bonds. The molecule has 39 heteroatoms. The number of fused-ring (bicyclic) bond motifs is 4. The minimum Gasteiger partial charge on any atom is -1.00 e. The molecule has 0 aromatic heterocycles. The summed E-state index contributed by atoms with van der Waals surface area (Å²) in [6.07, 6.45) is 0.833. The van der Waals surface area contributed by atoms with Crippen LogP contribution in [0, 0.1) is 20.2 Å². The number of anilines is 6. The maximum atomic E-state index is 10.9. The number of rotatable bonds is 15. The van der Waals surface area contributed by atoms with Gasteiger partial charge in [-0.25, -0.2) is 0 Å². The van der Waals surface area contributed by atoms with Gasteiger partial charge in [0, 0.05) is 158 Å². The molecule has 0 saturated heterocycles. The van der Waals surface area contributed by atoms with Crippen molar-refractivity contribution in [2.75, 3.05) is 21.3 Å². The smallest absolute Gasteiger partial charge is 1.00 e. The summed E-state index contributed by atoms with van der Waals surface area (Å²) in [6.45, 7) is 1.23. The van der Waals surface area contributed by atoms with Gasteiger partial charge in [-0.05, 0) is 151 Å². The number of nitrogen functional groups attached to an aromatic ring is 1. The third-order valence-corrected chi connectivity index (χ3v) is 21.3. The van der Waals surface area contributed by atoms with E-state index in [1.54, 1.807) is 109 Å². The van der Waals surface area contributed by atoms with Gasteiger partial charge < -0.3 is 61.6 Å². The number of nitro benzene ring substituents is 2. The Morgan fingerprint density at radius 2 is 0.711 bits per heavy atom. The molecule has 5 N–H and O–H groups in total. The van der Waals surface area contributed by atoms with Crippen LogP contribution < -0.4 is 153 Å². The number of ether oxygens (including phenoxy) is 5. The molecular formula is C96H71Cl17K2N6O14. The van der Waals surface area contributed by atoms with Crippen LogP contribution >= 0.6 is 197 Å². The number of carbonyl (C=O) groups is 2. The Morgan fingerprint density at radius 1 is 0.378 bits per heavy atom. The number of halogens is 17. The summed E-state index contributed by atoms with van der Waals surface area (Å²) in [4.78, 5) is 43.5. The number of nitrogens with zero attached hydrogens (tertiary/aromatic N) is 3. The van der Waals surface area contributed by atoms with Crippen molar-refractivity contribution in [3.8, 4) is 63.2 Å². The molecule has 0 atom stereocenters. The average Bonchev–Trinajstić information content (AvgIpc) is 0.760. The molecule has 2 aliphatic rings. The number of hydrogen-bond acceptors (Lipinski definition) is 18. The number of nitrogens with one attached hydrogen (secondary N) is 2. The number of nitrogens with two attached hydrogens (primary N) is 1. The fourth-order valence-corrected chi connectivity index (χ4v) is 13.8. The number of phenolic OH excluding ortho intramolecular Hbond substituents is 1. The molecule has 690 valence electrons. The molecule has 0 radical (unpaired) electrons. The van der Waals surface area contributed by atoms with Gasteiger partial charge in [-0.15, -0.1) is 0 Å². The van der Waals surface area contributed by atoms with Gasteiger partial charge >= 0.3 is 108 Å². The summed E-state index contributed by atoms with van der Waals surface area (Å²) < 4.78 is 28.6. The second-order valence-corrected chi connectivity index (χ2v) is 33.4. The molecule has 0 saturated carbocycles. The maximum absolute atomic E-state index is 10.9. The second-order valence-electron chi connectivity index (χ2n) is 26.1. The van der Waals surface area contributed by atoms with Crippen LogP contribution in [0.15, 0.2) is 309 Å². The van der Waals surface area contributed by atoms with E-state index in [2.05, 4.69) is 44.7 Å². The topological polar surface area (TPSA) is 272 Å². The first kappa shape index (κ1) is 118. The van der Waals surface area contributed by atoms with Gasteiger partial charge in [-0.1, -0.05) is 303 Å². The molecular weight excluding hydrogens is 2140 g/mol. The number of phenols is 1. The zero-order valence-electron chi connectivity index (χ0n) is 69.6. The second kappa shape index (κ2) is 60.4. The van der Waals surface area contributed by atoms with E-state index in [9.17, 15) is 25.0 Å². The zero-order chi connectivity index (χ0) is 94.8. The number of aromatic hydroxyl groups is 1. The number of aldehydes is 1. The van der Waals surface area contributed by atoms with Gasteiger partial charge in [0.25, 0.3) is 12.2 Å². The molecule has 15 aromatic rings. The molecule has 17 rings (SSSR count). The van der Waals surface area contributed by atoms with Crippen LogP contribution in [0.5, 0.6) is 63.2 Å². The number of hydrogen-bond donors (Lipinski definition) is 4. The molecule has 0 unspecified atom stereocenters. The third-order valence-electron chi connectivity index (χ3n) is 16.9. The molecule has 0 aliphatic carbocycles. The van der Waals surface area contributed by atoms with Crippen molar-refractivity contribution in [1.82, 2.24) is 0 Å². The summed E-state index contributed by atoms with van der Waals surface area (Å²) in [7, 11) is 0. The summed E-state index contributed by atoms with van der Waals surface area (Å²) >= 11 is 99.6. The Morgan fingerprint density at radius 3 is 1.13 bits per heavy atom. The van der Waals surface area contributed by atoms with Crippen molar-refractivity contribution in [3.63, 3.8) is 0 Å². The Balaban J connectivity index is 0.000000328. The SMILES string of the molecule is C.C.Clc1ccc(Cl)c(Oc2cc(Cl)ccc2NCc2ccccc2)c1.Clc1ccc2c(c1)Oc1cc(Cl)ccc1N2.Clc1ccc2c(c1)Oc1cc(Cl)ccc1N2Cc1ccccc1.Nc1ccc(Cl)cc1Oc1cc(Cl)ccc1Cl.O=CO[O-].O=Cc1ccccc1.O=[N+]([O-])c1ccc(Cl)cc1Cl.O=[N+]([O-])c1ccc(Cl)cc1Oc1cc(Cl)ccc1Cl.Oc1cc(Cl)ccc1Cl.[H-].[K+].[K+]. The number of carbonyl (C=O) groups excluding carboxylic acids is 2. The van der Waals surface area contributed by atoms with E-state index in [0.29, 0.717) is 127 Å². The monoisotopic (exact) mass is 2200 g/mol. The molecule has 0 fully saturated rings. The summed E-state index contributed by atoms with van der Waals surface area (Å²) in [5.41, 5.74) is 13.6. The minimum absolute atomic E-state index is 0. The quantitative estimate of drug-likeness (QED) is 0.0185. The first-order valence-electron chi connectivity index (χ1n) is 37.3. The Bertz CT molecular complexity index is 6330. The zero-order valence-corrected chi connectivity index (χ0v) is 87.7. The van der Waals surface area contributed by atoms with Gasteiger partial charge in [0.15, 0.2) is 34.5 Å². The van der Waals surface area contributed by atoms with E-state index in [0.717, 1.165) is 58.3 Å². The van der Waals surface area contributed by atoms with Crippen molar-refractivity contribution < 1.29 is 163 Å². The van der Waals surface area contributed by atoms with Crippen LogP contribution in [0.4, 0.5) is 45.5 Å². The van der Waals surface area contributed by atoms with Gasteiger partial charge in [0.05, 0.1) is 64.1 Å². The first-order chi connectivity index (χ1) is 62.7. The van der Waals surface area contributed by atoms with Gasteiger partial charge in [-0.3, -0.25) is 29.8 Å². The minimum atomic E-state index is -0.565. The Kier molecular flexibility index (Phi) is 52.8. The fourth-order valence-electron chi connectivity index (χ4n) is 10.9. The van der Waals surface area contributed by atoms with Gasteiger partial charge in [0.1, 0.15) is 34.3 Å². The Hall–Kier alpha value is -7.60. The maximum Gasteiger partial charge on any atom is 1.00 e. The van der Waals surface area contributed by atoms with Crippen LogP contribution in [-0.4, -0.2) is 27.7 Å². The van der Waals surface area contributed by atoms with E-state index < -0.39 is 9.85 Å². The number of nitro groups is 2. The van der Waals surface area contributed by atoms with Gasteiger partial charge in [-0.2, -0.15) is 0 Å². The summed E-state index contributed by atoms with van der Waals surface area (Å²) in [5, 5.41) is 53.0. The third kappa shape index (κ3) is 38.8. The van der Waals surface area contributed by atoms with E-state index in [-0.39, 0.29) is 159 Å². The molecule has 2 heterocycles. The standard InChI is InChI=1S/C19H14Cl3NO.C19H13Cl2NO.C12H6Cl3NO3.C12H8Cl3NO.C12H7Cl2NO.C7H6O.C6H3Cl2NO2.C6H4Cl2O.CH2O3.2CH4.2K.H/c20-14-6-8-16(22)18(10-14)24-19-11-15(21)7-9-17(19)23-12-13-4-2-1-3-5-13;20-14-6-8-16-18(10-14)23-19-11-15(21)7-9-17(19)22(16)12-13-4-2-1-3-5-13;13-7-1-3-9(15)11(5-7)19-12-6-8(14)2-4-10(12)16(17)18;13-7-1-3-9(15)11(5-7)17-12-6-8(14)2-4-10(12)16;13-7-1-3-9-11(5-7)16-12-6-8(14)2-4-10(12)15-9;8-6-7-4-2-1-3-5-7;7-4-1-2-6(9(10)11)5(8)3-4;7-4-1-2-5(8)6(9)3-4;2-1-4-3;;;;;/h1-11,23H,12H2;1-11H,12H2;1-6H;1-6H,16H2;1-6,15H;1-6H;1-3H;1-3,9H;1,3H;2*1H4;;;/q;;;;;;;;;;;2*+1;-1/p-1. The number of benzene rings is 15. The van der Waals surface area contributed by atoms with Crippen molar-refractivity contribution >= 4 is 255 Å². The van der Waals surface area contributed by atoms with Gasteiger partial charge in [0.2, 0.25) is 5.75 Å². The van der Waals surface area contributed by atoms with Crippen LogP contribution in [0.3, 0.4) is 0 Å². The predicted octanol–water partition coefficient (Wildman–Crippen LogP) is 29.6. The van der Waals surface area contributed by atoms with E-state index in [1.807, 2.05) is 121 Å². The van der Waals surface area contributed by atoms with Crippen molar-refractivity contribution in [2.45, 2.75) is 27.9 Å². The van der Waals surface area contributed by atoms with Crippen molar-refractivity contribution in [1.29, 1.82) is 0 Å². The summed E-state index contributed by atoms with van der Waals surface area (Å²) in [5.74, 6) is 5.09. The van der Waals surface area contributed by atoms with Crippen LogP contribution in [0.1, 0.15) is 37.8 Å². The molecule has 135 heavy (non-hydrogen) atoms. The van der Waals surface area contributed by atoms with Crippen LogP contribution in [-0.2, 0) is 22.8 Å². The normalized spacial score (nSPS) is 10.2. The molecule has 0 bridgehead atoms. The van der Waals surface area contributed by atoms with E-state index in [4.69, 9.17) is 242 Å². The predicted molar refractivity (Wildman–Crippen MR) is 545 cm³/mol. The molecule has 2 aliphatic heterocycles. The van der Waals surface area contributed by atoms with Crippen LogP contribution in [0.2, 0.25) is 85.4 Å². The largest absolute Gasteiger partial charge is 1.00 e. The molecule has 0 spiro atoms. The summed E-state index contributed by atoms with van der Waals surface area (Å²) in [6, 6.07) is 89.4. The fraction of sp³-hybridized carbons (Fsp3) is 0.0417. The van der Waals surface area contributed by atoms with Crippen LogP contribution in [0.25, 0.3) is 0 Å².